The highest BCUT2D eigenvalue weighted by molar-refractivity contribution is 7.17. The molecule has 0 aliphatic heterocycles. The van der Waals surface area contributed by atoms with Crippen LogP contribution in [0.15, 0.2) is 66.3 Å². The van der Waals surface area contributed by atoms with E-state index >= 15 is 0 Å². The molecule has 0 spiro atoms. The van der Waals surface area contributed by atoms with Crippen LogP contribution in [0.25, 0.3) is 32.5 Å². The van der Waals surface area contributed by atoms with Crippen molar-refractivity contribution in [1.82, 2.24) is 19.7 Å². The number of thiophene rings is 1. The third-order valence-corrected chi connectivity index (χ3v) is 6.77. The van der Waals surface area contributed by atoms with Gasteiger partial charge in [-0.25, -0.2) is 9.97 Å². The first-order valence-electron chi connectivity index (χ1n) is 10.7. The number of fused-ring (bicyclic) bond motifs is 1. The zero-order valence-electron chi connectivity index (χ0n) is 18.6. The zero-order chi connectivity index (χ0) is 22.2. The third-order valence-electron chi connectivity index (χ3n) is 5.69. The molecule has 32 heavy (non-hydrogen) atoms. The number of hydrogen-bond donors (Lipinski definition) is 1. The van der Waals surface area contributed by atoms with E-state index in [0.29, 0.717) is 0 Å². The fourth-order valence-corrected chi connectivity index (χ4v) is 4.89. The second-order valence-electron chi connectivity index (χ2n) is 8.21. The number of nitrogens with one attached hydrogen (secondary N) is 1. The van der Waals surface area contributed by atoms with Crippen LogP contribution in [0.1, 0.15) is 29.9 Å². The van der Waals surface area contributed by atoms with Crippen LogP contribution in [0.3, 0.4) is 0 Å². The van der Waals surface area contributed by atoms with Crippen LogP contribution in [0.4, 0.5) is 5.82 Å². The Labute approximate surface area is 191 Å². The SMILES string of the molecule is Cc1nc(NC(C)c2cccc(-c3cnn(C)c3)c2)cc(-c2ccc3scc(C)c3c2)n1. The van der Waals surface area contributed by atoms with E-state index in [0.717, 1.165) is 34.0 Å². The molecule has 0 saturated heterocycles. The molecular formula is C26H25N5S. The van der Waals surface area contributed by atoms with Crippen molar-refractivity contribution in [3.8, 4) is 22.4 Å². The molecular weight excluding hydrogens is 414 g/mol. The molecule has 5 aromatic rings. The van der Waals surface area contributed by atoms with Gasteiger partial charge in [0, 0.05) is 41.2 Å². The fourth-order valence-electron chi connectivity index (χ4n) is 3.97. The van der Waals surface area contributed by atoms with E-state index in [1.54, 1.807) is 11.3 Å². The average Bonchev–Trinajstić information content (AvgIpc) is 3.39. The molecule has 0 radical (unpaired) electrons. The van der Waals surface area contributed by atoms with Crippen molar-refractivity contribution in [2.24, 2.45) is 7.05 Å². The van der Waals surface area contributed by atoms with Gasteiger partial charge in [-0.3, -0.25) is 4.68 Å². The van der Waals surface area contributed by atoms with Crippen molar-refractivity contribution < 1.29 is 0 Å². The lowest BCUT2D eigenvalue weighted by molar-refractivity contribution is 0.768. The molecule has 5 nitrogen and oxygen atoms in total. The molecule has 0 aliphatic rings. The highest BCUT2D eigenvalue weighted by Gasteiger charge is 2.12. The van der Waals surface area contributed by atoms with Gasteiger partial charge in [0.25, 0.3) is 0 Å². The van der Waals surface area contributed by atoms with Gasteiger partial charge in [0.15, 0.2) is 0 Å². The Bertz CT molecular complexity index is 1420. The van der Waals surface area contributed by atoms with E-state index in [4.69, 9.17) is 4.98 Å². The number of hydrogen-bond acceptors (Lipinski definition) is 5. The van der Waals surface area contributed by atoms with Gasteiger partial charge in [0.2, 0.25) is 0 Å². The zero-order valence-corrected chi connectivity index (χ0v) is 19.4. The topological polar surface area (TPSA) is 55.6 Å². The molecule has 0 saturated carbocycles. The van der Waals surface area contributed by atoms with Crippen LogP contribution in [0, 0.1) is 13.8 Å². The van der Waals surface area contributed by atoms with E-state index < -0.39 is 0 Å². The van der Waals surface area contributed by atoms with Gasteiger partial charge in [-0.05, 0) is 66.4 Å². The van der Waals surface area contributed by atoms with Crippen molar-refractivity contribution in [3.63, 3.8) is 0 Å². The number of benzene rings is 2. The summed E-state index contributed by atoms with van der Waals surface area (Å²) in [5, 5.41) is 11.3. The predicted octanol–water partition coefficient (Wildman–Crippen LogP) is 6.55. The van der Waals surface area contributed by atoms with E-state index in [1.165, 1.54) is 21.2 Å². The first kappa shape index (κ1) is 20.4. The predicted molar refractivity (Wildman–Crippen MR) is 133 cm³/mol. The van der Waals surface area contributed by atoms with Crippen LogP contribution < -0.4 is 5.32 Å². The summed E-state index contributed by atoms with van der Waals surface area (Å²) in [6.45, 7) is 6.25. The van der Waals surface area contributed by atoms with Gasteiger partial charge in [0.05, 0.1) is 11.9 Å². The maximum Gasteiger partial charge on any atom is 0.130 e. The second-order valence-corrected chi connectivity index (χ2v) is 9.12. The van der Waals surface area contributed by atoms with E-state index in [9.17, 15) is 0 Å². The minimum atomic E-state index is 0.0929. The summed E-state index contributed by atoms with van der Waals surface area (Å²) < 4.78 is 3.13. The largest absolute Gasteiger partial charge is 0.363 e. The molecule has 1 N–H and O–H groups in total. The number of aryl methyl sites for hydroxylation is 3. The molecule has 160 valence electrons. The Kier molecular flexibility index (Phi) is 5.23. The minimum absolute atomic E-state index is 0.0929. The Hall–Kier alpha value is -3.51. The van der Waals surface area contributed by atoms with Gasteiger partial charge in [-0.2, -0.15) is 5.10 Å². The quantitative estimate of drug-likeness (QED) is 0.337. The normalized spacial score (nSPS) is 12.2. The fraction of sp³-hybridized carbons (Fsp3) is 0.192. The molecule has 3 aromatic heterocycles. The van der Waals surface area contributed by atoms with Crippen molar-refractivity contribution in [2.45, 2.75) is 26.8 Å². The molecule has 0 fully saturated rings. The third kappa shape index (κ3) is 4.01. The van der Waals surface area contributed by atoms with Gasteiger partial charge in [0.1, 0.15) is 11.6 Å². The maximum absolute atomic E-state index is 4.70. The number of anilines is 1. The molecule has 0 amide bonds. The molecule has 0 bridgehead atoms. The molecule has 2 aromatic carbocycles. The summed E-state index contributed by atoms with van der Waals surface area (Å²) in [5.74, 6) is 1.58. The van der Waals surface area contributed by atoms with Crippen LogP contribution >= 0.6 is 11.3 Å². The van der Waals surface area contributed by atoms with Crippen molar-refractivity contribution >= 4 is 27.2 Å². The van der Waals surface area contributed by atoms with Crippen LogP contribution in [0.2, 0.25) is 0 Å². The van der Waals surface area contributed by atoms with Crippen molar-refractivity contribution in [1.29, 1.82) is 0 Å². The van der Waals surface area contributed by atoms with E-state index in [1.807, 2.05) is 37.1 Å². The first-order chi connectivity index (χ1) is 15.5. The Morgan fingerprint density at radius 1 is 0.969 bits per heavy atom. The van der Waals surface area contributed by atoms with Gasteiger partial charge < -0.3 is 5.32 Å². The number of rotatable bonds is 5. The lowest BCUT2D eigenvalue weighted by Gasteiger charge is -2.17. The Balaban J connectivity index is 1.43. The first-order valence-corrected chi connectivity index (χ1v) is 11.5. The van der Waals surface area contributed by atoms with E-state index in [2.05, 4.69) is 77.1 Å². The number of aromatic nitrogens is 4. The summed E-state index contributed by atoms with van der Waals surface area (Å²) >= 11 is 1.78. The molecule has 0 aliphatic carbocycles. The lowest BCUT2D eigenvalue weighted by atomic mass is 10.0. The van der Waals surface area contributed by atoms with Crippen molar-refractivity contribution in [3.05, 3.63) is 83.3 Å². The lowest BCUT2D eigenvalue weighted by Crippen LogP contribution is -2.09. The Morgan fingerprint density at radius 3 is 2.66 bits per heavy atom. The number of nitrogens with zero attached hydrogens (tertiary/aromatic N) is 4. The monoisotopic (exact) mass is 439 g/mol. The summed E-state index contributed by atoms with van der Waals surface area (Å²) in [5.41, 5.74) is 6.81. The smallest absolute Gasteiger partial charge is 0.130 e. The molecule has 1 unspecified atom stereocenters. The summed E-state index contributed by atoms with van der Waals surface area (Å²) in [6, 6.07) is 17.2. The highest BCUT2D eigenvalue weighted by Crippen LogP contribution is 2.31. The molecule has 5 rings (SSSR count). The molecule has 6 heteroatoms. The van der Waals surface area contributed by atoms with Crippen molar-refractivity contribution in [2.75, 3.05) is 5.32 Å². The maximum atomic E-state index is 4.70. The van der Waals surface area contributed by atoms with Gasteiger partial charge in [-0.15, -0.1) is 11.3 Å². The van der Waals surface area contributed by atoms with Crippen LogP contribution in [-0.4, -0.2) is 19.7 Å². The average molecular weight is 440 g/mol. The van der Waals surface area contributed by atoms with Crippen LogP contribution in [0.5, 0.6) is 0 Å². The minimum Gasteiger partial charge on any atom is -0.363 e. The van der Waals surface area contributed by atoms with Gasteiger partial charge in [-0.1, -0.05) is 24.3 Å². The summed E-state index contributed by atoms with van der Waals surface area (Å²) in [4.78, 5) is 9.35. The molecule has 3 heterocycles. The van der Waals surface area contributed by atoms with Gasteiger partial charge >= 0.3 is 0 Å². The van der Waals surface area contributed by atoms with E-state index in [-0.39, 0.29) is 6.04 Å². The summed E-state index contributed by atoms with van der Waals surface area (Å²) in [7, 11) is 1.93. The summed E-state index contributed by atoms with van der Waals surface area (Å²) in [6.07, 6.45) is 3.92. The standard InChI is InChI=1S/C26H25N5S/c1-16-15-32-25-9-8-21(11-23(16)25)24-12-26(30-18(3)29-24)28-17(2)19-6-5-7-20(10-19)22-13-27-31(4)14-22/h5-15,17H,1-4H3,(H,28,29,30). The highest BCUT2D eigenvalue weighted by atomic mass is 32.1. The molecule has 1 atom stereocenters. The second kappa shape index (κ2) is 8.20. The van der Waals surface area contributed by atoms with Crippen LogP contribution in [-0.2, 0) is 7.05 Å². The Morgan fingerprint density at radius 2 is 1.84 bits per heavy atom.